The van der Waals surface area contributed by atoms with Crippen LogP contribution in [0.3, 0.4) is 0 Å². The number of aliphatic hydroxyl groups is 1. The maximum absolute atomic E-state index is 7.00. The molecule has 0 saturated heterocycles. The van der Waals surface area contributed by atoms with Gasteiger partial charge in [0, 0.05) is 13.7 Å². The highest BCUT2D eigenvalue weighted by molar-refractivity contribution is 4.62. The second-order valence-electron chi connectivity index (χ2n) is 5.24. The molecule has 3 heteroatoms. The van der Waals surface area contributed by atoms with Crippen molar-refractivity contribution in [3.05, 3.63) is 0 Å². The lowest BCUT2D eigenvalue weighted by Gasteiger charge is -2.22. The average molecular weight is 337 g/mol. The van der Waals surface area contributed by atoms with Gasteiger partial charge in [0.1, 0.15) is 0 Å². The highest BCUT2D eigenvalue weighted by Gasteiger charge is 2.08. The number of nitrogens with zero attached hydrogens (tertiary/aromatic N) is 1. The van der Waals surface area contributed by atoms with E-state index < -0.39 is 0 Å². The van der Waals surface area contributed by atoms with E-state index >= 15 is 0 Å². The largest absolute Gasteiger partial charge is 0.400 e. The molecule has 0 aliphatic rings. The lowest BCUT2D eigenvalue weighted by molar-refractivity contribution is 0.256. The van der Waals surface area contributed by atoms with E-state index in [1.165, 1.54) is 64.5 Å². The zero-order valence-corrected chi connectivity index (χ0v) is 18.2. The van der Waals surface area contributed by atoms with E-state index in [0.717, 1.165) is 13.0 Å². The Morgan fingerprint density at radius 3 is 1.65 bits per heavy atom. The topological polar surface area (TPSA) is 58.5 Å². The molecule has 4 N–H and O–H groups in total. The lowest BCUT2D eigenvalue weighted by atomic mass is 10.0. The van der Waals surface area contributed by atoms with E-state index in [-0.39, 0.29) is 6.15 Å². The molecule has 0 fully saturated rings. The second kappa shape index (κ2) is 37.8. The molecular weight excluding hydrogens is 284 g/mol. The number of rotatable bonds is 11. The Balaban J connectivity index is -0.000000137. The summed E-state index contributed by atoms with van der Waals surface area (Å²) >= 11 is 0. The third-order valence-corrected chi connectivity index (χ3v) is 3.49. The summed E-state index contributed by atoms with van der Waals surface area (Å²) in [7, 11) is 3.29. The van der Waals surface area contributed by atoms with Gasteiger partial charge in [-0.25, -0.2) is 0 Å². The van der Waals surface area contributed by atoms with Crippen molar-refractivity contribution in [2.24, 2.45) is 5.92 Å². The Hall–Kier alpha value is -0.120. The molecule has 0 bridgehead atoms. The van der Waals surface area contributed by atoms with Crippen molar-refractivity contribution in [3.63, 3.8) is 0 Å². The zero-order valence-electron chi connectivity index (χ0n) is 18.2. The maximum atomic E-state index is 7.00. The van der Waals surface area contributed by atoms with Gasteiger partial charge in [-0.2, -0.15) is 0 Å². The summed E-state index contributed by atoms with van der Waals surface area (Å²) in [5.74, 6) is 0.922. The van der Waals surface area contributed by atoms with Crippen LogP contribution in [0.4, 0.5) is 0 Å². The summed E-state index contributed by atoms with van der Waals surface area (Å²) < 4.78 is 0. The lowest BCUT2D eigenvalue weighted by Crippen LogP contribution is -2.26. The van der Waals surface area contributed by atoms with Gasteiger partial charge < -0.3 is 16.2 Å². The first-order valence-electron chi connectivity index (χ1n) is 9.87. The number of unbranched alkanes of at least 4 members (excludes halogenated alkanes) is 4. The van der Waals surface area contributed by atoms with Crippen molar-refractivity contribution in [1.82, 2.24) is 11.1 Å². The molecule has 0 heterocycles. The Morgan fingerprint density at radius 2 is 1.26 bits per heavy atom. The molecule has 0 aromatic rings. The van der Waals surface area contributed by atoms with Gasteiger partial charge in [0.15, 0.2) is 0 Å². The standard InChI is InChI=1S/C15H33N.2C2H6.CH4O.H3N/c1-5-8-9-10-11-13-16(4)14-15(7-3)12-6-2;3*1-2;/h15H,5-14H2,1-4H3;2*1-2H3;2H,1H3;1H3. The predicted molar refractivity (Wildman–Crippen MR) is 111 cm³/mol. The Bertz CT molecular complexity index is 144. The minimum absolute atomic E-state index is 0. The molecule has 148 valence electrons. The molecule has 0 saturated carbocycles. The van der Waals surface area contributed by atoms with Gasteiger partial charge in [-0.05, 0) is 32.4 Å². The Kier molecular flexibility index (Phi) is 56.4. The smallest absolute Gasteiger partial charge is 0.0319 e. The number of hydrogen-bond donors (Lipinski definition) is 2. The summed E-state index contributed by atoms with van der Waals surface area (Å²) in [6.45, 7) is 17.5. The van der Waals surface area contributed by atoms with Gasteiger partial charge in [0.2, 0.25) is 0 Å². The van der Waals surface area contributed by atoms with E-state index in [9.17, 15) is 0 Å². The fourth-order valence-corrected chi connectivity index (χ4v) is 2.35. The molecular formula is C20H52N2O. The zero-order chi connectivity index (χ0) is 18.2. The first-order chi connectivity index (χ1) is 10.7. The summed E-state index contributed by atoms with van der Waals surface area (Å²) in [6.07, 6.45) is 11.1. The fraction of sp³-hybridized carbons (Fsp3) is 1.00. The van der Waals surface area contributed by atoms with Crippen LogP contribution in [-0.4, -0.2) is 37.3 Å². The molecule has 23 heavy (non-hydrogen) atoms. The minimum Gasteiger partial charge on any atom is -0.400 e. The molecule has 0 spiro atoms. The van der Waals surface area contributed by atoms with Crippen LogP contribution in [0, 0.1) is 5.92 Å². The second-order valence-corrected chi connectivity index (χ2v) is 5.24. The first kappa shape index (κ1) is 34.3. The van der Waals surface area contributed by atoms with Crippen LogP contribution in [0.15, 0.2) is 0 Å². The van der Waals surface area contributed by atoms with Crippen molar-refractivity contribution >= 4 is 0 Å². The van der Waals surface area contributed by atoms with Crippen LogP contribution in [-0.2, 0) is 0 Å². The van der Waals surface area contributed by atoms with Crippen LogP contribution in [0.2, 0.25) is 0 Å². The third kappa shape index (κ3) is 34.3. The van der Waals surface area contributed by atoms with Gasteiger partial charge >= 0.3 is 0 Å². The molecule has 1 unspecified atom stereocenters. The summed E-state index contributed by atoms with van der Waals surface area (Å²) in [6, 6.07) is 0. The minimum atomic E-state index is 0. The highest BCUT2D eigenvalue weighted by Crippen LogP contribution is 2.12. The van der Waals surface area contributed by atoms with Crippen LogP contribution >= 0.6 is 0 Å². The summed E-state index contributed by atoms with van der Waals surface area (Å²) in [5.41, 5.74) is 0. The molecule has 0 aliphatic carbocycles. The molecule has 0 amide bonds. The van der Waals surface area contributed by atoms with E-state index in [2.05, 4.69) is 32.7 Å². The van der Waals surface area contributed by atoms with E-state index in [4.69, 9.17) is 5.11 Å². The summed E-state index contributed by atoms with van der Waals surface area (Å²) in [4.78, 5) is 2.54. The van der Waals surface area contributed by atoms with Crippen LogP contribution < -0.4 is 6.15 Å². The number of hydrogen-bond acceptors (Lipinski definition) is 3. The Morgan fingerprint density at radius 1 is 0.783 bits per heavy atom. The van der Waals surface area contributed by atoms with Gasteiger partial charge in [0.05, 0.1) is 0 Å². The molecule has 0 aromatic heterocycles. The highest BCUT2D eigenvalue weighted by atomic mass is 16.2. The molecule has 0 rings (SSSR count). The normalized spacial score (nSPS) is 10.0. The van der Waals surface area contributed by atoms with Gasteiger partial charge in [0.25, 0.3) is 0 Å². The predicted octanol–water partition coefficient (Wildman–Crippen LogP) is 6.54. The van der Waals surface area contributed by atoms with Crippen molar-refractivity contribution in [3.8, 4) is 0 Å². The molecule has 0 aromatic carbocycles. The maximum Gasteiger partial charge on any atom is 0.0319 e. The quantitative estimate of drug-likeness (QED) is 0.421. The van der Waals surface area contributed by atoms with Crippen LogP contribution in [0.5, 0.6) is 0 Å². The molecule has 0 aliphatic heterocycles. The van der Waals surface area contributed by atoms with Crippen LogP contribution in [0.25, 0.3) is 0 Å². The van der Waals surface area contributed by atoms with Crippen LogP contribution in [0.1, 0.15) is 99.8 Å². The number of aliphatic hydroxyl groups excluding tert-OH is 1. The molecule has 3 nitrogen and oxygen atoms in total. The van der Waals surface area contributed by atoms with Gasteiger partial charge in [-0.3, -0.25) is 0 Å². The fourth-order valence-electron chi connectivity index (χ4n) is 2.35. The monoisotopic (exact) mass is 336 g/mol. The van der Waals surface area contributed by atoms with Crippen molar-refractivity contribution in [2.45, 2.75) is 99.8 Å². The average Bonchev–Trinajstić information content (AvgIpc) is 2.59. The summed E-state index contributed by atoms with van der Waals surface area (Å²) in [5, 5.41) is 7.00. The first-order valence-corrected chi connectivity index (χ1v) is 9.87. The van der Waals surface area contributed by atoms with Crippen molar-refractivity contribution in [2.75, 3.05) is 27.2 Å². The van der Waals surface area contributed by atoms with E-state index in [1.54, 1.807) is 0 Å². The molecule has 0 radical (unpaired) electrons. The third-order valence-electron chi connectivity index (χ3n) is 3.49. The van der Waals surface area contributed by atoms with Gasteiger partial charge in [-0.1, -0.05) is 87.0 Å². The SMILES string of the molecule is CC.CC.CCCCCCCN(C)CC(CC)CCC.CO.N. The van der Waals surface area contributed by atoms with Crippen molar-refractivity contribution < 1.29 is 5.11 Å². The van der Waals surface area contributed by atoms with Gasteiger partial charge in [-0.15, -0.1) is 0 Å². The Labute approximate surface area is 149 Å². The molecule has 1 atom stereocenters. The van der Waals surface area contributed by atoms with E-state index in [1.807, 2.05) is 27.7 Å². The van der Waals surface area contributed by atoms with Crippen molar-refractivity contribution in [1.29, 1.82) is 0 Å². The van der Waals surface area contributed by atoms with E-state index in [0.29, 0.717) is 0 Å².